The topological polar surface area (TPSA) is 70.0 Å². The molecule has 0 spiro atoms. The van der Waals surface area contributed by atoms with Crippen molar-refractivity contribution in [2.45, 2.75) is 6.04 Å². The van der Waals surface area contributed by atoms with Crippen LogP contribution in [0.2, 0.25) is 5.02 Å². The number of phenolic OH excluding ortho intramolecular Hbond substituents is 2. The Labute approximate surface area is 180 Å². The summed E-state index contributed by atoms with van der Waals surface area (Å²) in [4.78, 5) is 15.1. The fraction of sp³-hybridized carbons (Fsp3) is 0.208. The van der Waals surface area contributed by atoms with Gasteiger partial charge in [-0.2, -0.15) is 0 Å². The third-order valence-corrected chi connectivity index (χ3v) is 5.70. The number of benzene rings is 3. The second kappa shape index (κ2) is 8.88. The second-order valence-electron chi connectivity index (χ2n) is 7.16. The van der Waals surface area contributed by atoms with Gasteiger partial charge in [-0.3, -0.25) is 9.69 Å². The van der Waals surface area contributed by atoms with E-state index in [1.807, 2.05) is 24.3 Å². The summed E-state index contributed by atoms with van der Waals surface area (Å²) in [5.74, 6) is -0.636. The molecule has 2 N–H and O–H groups in total. The molecule has 1 saturated heterocycles. The highest BCUT2D eigenvalue weighted by Gasteiger charge is 2.32. The number of phenols is 2. The van der Waals surface area contributed by atoms with Crippen LogP contribution in [0.4, 0.5) is 0 Å². The summed E-state index contributed by atoms with van der Waals surface area (Å²) >= 11 is 6.50. The number of aromatic hydroxyl groups is 2. The van der Waals surface area contributed by atoms with E-state index in [-0.39, 0.29) is 28.4 Å². The van der Waals surface area contributed by atoms with Crippen LogP contribution in [0.3, 0.4) is 0 Å². The van der Waals surface area contributed by atoms with Gasteiger partial charge in [0, 0.05) is 23.7 Å². The molecule has 0 saturated carbocycles. The Morgan fingerprint density at radius 3 is 2.30 bits per heavy atom. The normalized spacial score (nSPS) is 15.6. The largest absolute Gasteiger partial charge is 0.507 e. The molecule has 1 atom stereocenters. The maximum Gasteiger partial charge on any atom is 0.196 e. The second-order valence-corrected chi connectivity index (χ2v) is 7.57. The average molecular weight is 424 g/mol. The molecule has 0 bridgehead atoms. The van der Waals surface area contributed by atoms with E-state index in [0.29, 0.717) is 36.9 Å². The van der Waals surface area contributed by atoms with E-state index in [9.17, 15) is 15.0 Å². The average Bonchev–Trinajstić information content (AvgIpc) is 2.78. The SMILES string of the molecule is O=C(c1ccccc1)c1ccc(O)c([C@H](c2ccccc2Cl)N2CCOCC2)c1O. The molecule has 0 radical (unpaired) electrons. The van der Waals surface area contributed by atoms with Gasteiger partial charge in [-0.1, -0.05) is 60.1 Å². The van der Waals surface area contributed by atoms with Crippen molar-refractivity contribution in [3.8, 4) is 11.5 Å². The van der Waals surface area contributed by atoms with E-state index in [0.717, 1.165) is 5.56 Å². The molecule has 0 aromatic heterocycles. The van der Waals surface area contributed by atoms with Crippen molar-refractivity contribution in [3.63, 3.8) is 0 Å². The Bertz CT molecular complexity index is 1050. The lowest BCUT2D eigenvalue weighted by Crippen LogP contribution is -2.39. The predicted molar refractivity (Wildman–Crippen MR) is 115 cm³/mol. The van der Waals surface area contributed by atoms with E-state index >= 15 is 0 Å². The first kappa shape index (κ1) is 20.4. The Morgan fingerprint density at radius 2 is 1.60 bits per heavy atom. The Morgan fingerprint density at radius 1 is 0.933 bits per heavy atom. The van der Waals surface area contributed by atoms with E-state index in [1.54, 1.807) is 30.3 Å². The van der Waals surface area contributed by atoms with Crippen LogP contribution in [-0.2, 0) is 4.74 Å². The Kier molecular flexibility index (Phi) is 6.04. The van der Waals surface area contributed by atoms with Crippen LogP contribution < -0.4 is 0 Å². The van der Waals surface area contributed by atoms with Gasteiger partial charge in [-0.05, 0) is 23.8 Å². The van der Waals surface area contributed by atoms with Crippen LogP contribution in [0.1, 0.15) is 33.1 Å². The number of morpholine rings is 1. The number of ketones is 1. The van der Waals surface area contributed by atoms with Gasteiger partial charge in [-0.25, -0.2) is 0 Å². The van der Waals surface area contributed by atoms with E-state index in [1.165, 1.54) is 12.1 Å². The smallest absolute Gasteiger partial charge is 0.196 e. The van der Waals surface area contributed by atoms with Gasteiger partial charge in [-0.15, -0.1) is 0 Å². The summed E-state index contributed by atoms with van der Waals surface area (Å²) in [6.07, 6.45) is 0. The zero-order valence-corrected chi connectivity index (χ0v) is 17.0. The maximum atomic E-state index is 13.0. The molecule has 30 heavy (non-hydrogen) atoms. The molecular weight excluding hydrogens is 402 g/mol. The number of hydrogen-bond donors (Lipinski definition) is 2. The van der Waals surface area contributed by atoms with Crippen LogP contribution >= 0.6 is 11.6 Å². The van der Waals surface area contributed by atoms with Gasteiger partial charge in [0.1, 0.15) is 11.5 Å². The van der Waals surface area contributed by atoms with Crippen LogP contribution in [0.25, 0.3) is 0 Å². The van der Waals surface area contributed by atoms with Crippen molar-refractivity contribution in [2.75, 3.05) is 26.3 Å². The highest BCUT2D eigenvalue weighted by Crippen LogP contribution is 2.44. The lowest BCUT2D eigenvalue weighted by molar-refractivity contribution is 0.0231. The zero-order valence-electron chi connectivity index (χ0n) is 16.3. The third-order valence-electron chi connectivity index (χ3n) is 5.36. The number of nitrogens with zero attached hydrogens (tertiary/aromatic N) is 1. The van der Waals surface area contributed by atoms with Crippen LogP contribution in [-0.4, -0.2) is 47.2 Å². The molecule has 6 heteroatoms. The monoisotopic (exact) mass is 423 g/mol. The van der Waals surface area contributed by atoms with Gasteiger partial charge >= 0.3 is 0 Å². The van der Waals surface area contributed by atoms with Crippen LogP contribution in [0, 0.1) is 0 Å². The molecule has 1 fully saturated rings. The molecule has 0 aliphatic carbocycles. The van der Waals surface area contributed by atoms with Gasteiger partial charge in [0.15, 0.2) is 5.78 Å². The van der Waals surface area contributed by atoms with Crippen LogP contribution in [0.5, 0.6) is 11.5 Å². The summed E-state index contributed by atoms with van der Waals surface area (Å²) in [5, 5.41) is 22.4. The summed E-state index contributed by atoms with van der Waals surface area (Å²) in [7, 11) is 0. The first-order valence-corrected chi connectivity index (χ1v) is 10.2. The fourth-order valence-electron chi connectivity index (χ4n) is 3.86. The Hall–Kier alpha value is -2.86. The van der Waals surface area contributed by atoms with E-state index < -0.39 is 6.04 Å². The zero-order chi connectivity index (χ0) is 21.1. The maximum absolute atomic E-state index is 13.0. The number of hydrogen-bond acceptors (Lipinski definition) is 5. The van der Waals surface area contributed by atoms with Crippen molar-refractivity contribution >= 4 is 17.4 Å². The van der Waals surface area contributed by atoms with Crippen molar-refractivity contribution < 1.29 is 19.7 Å². The highest BCUT2D eigenvalue weighted by atomic mass is 35.5. The molecule has 5 nitrogen and oxygen atoms in total. The third kappa shape index (κ3) is 3.92. The van der Waals surface area contributed by atoms with Gasteiger partial charge in [0.25, 0.3) is 0 Å². The van der Waals surface area contributed by atoms with E-state index in [2.05, 4.69) is 4.90 Å². The molecule has 3 aromatic rings. The minimum atomic E-state index is -0.522. The summed E-state index contributed by atoms with van der Waals surface area (Å²) in [6.45, 7) is 2.27. The number of carbonyl (C=O) groups is 1. The van der Waals surface area contributed by atoms with Crippen molar-refractivity contribution in [3.05, 3.63) is 94.0 Å². The Balaban J connectivity index is 1.86. The molecular formula is C24H22ClNO4. The van der Waals surface area contributed by atoms with Crippen molar-refractivity contribution in [1.29, 1.82) is 0 Å². The first-order chi connectivity index (χ1) is 14.6. The molecule has 0 unspecified atom stereocenters. The molecule has 1 aliphatic heterocycles. The quantitative estimate of drug-likeness (QED) is 0.595. The minimum absolute atomic E-state index is 0.0893. The van der Waals surface area contributed by atoms with Gasteiger partial charge in [0.05, 0.1) is 30.4 Å². The first-order valence-electron chi connectivity index (χ1n) is 9.78. The minimum Gasteiger partial charge on any atom is -0.507 e. The predicted octanol–water partition coefficient (Wildman–Crippen LogP) is 4.40. The number of ether oxygens (including phenoxy) is 1. The summed E-state index contributed by atoms with van der Waals surface area (Å²) in [5.41, 5.74) is 1.62. The van der Waals surface area contributed by atoms with Crippen LogP contribution in [0.15, 0.2) is 66.7 Å². The van der Waals surface area contributed by atoms with Crippen molar-refractivity contribution in [1.82, 2.24) is 4.90 Å². The molecule has 1 aliphatic rings. The number of carbonyl (C=O) groups excluding carboxylic acids is 1. The number of rotatable bonds is 5. The lowest BCUT2D eigenvalue weighted by Gasteiger charge is -2.36. The molecule has 3 aromatic carbocycles. The highest BCUT2D eigenvalue weighted by molar-refractivity contribution is 6.31. The molecule has 154 valence electrons. The fourth-order valence-corrected chi connectivity index (χ4v) is 4.10. The standard InChI is InChI=1S/C24H22ClNO4/c25-19-9-5-4-8-17(19)22(26-12-14-30-15-13-26)21-20(27)11-10-18(24(21)29)23(28)16-6-2-1-3-7-16/h1-11,22,27,29H,12-15H2/t22-/m0/s1. The number of halogens is 1. The van der Waals surface area contributed by atoms with E-state index in [4.69, 9.17) is 16.3 Å². The lowest BCUT2D eigenvalue weighted by atomic mass is 9.91. The molecule has 0 amide bonds. The summed E-state index contributed by atoms with van der Waals surface area (Å²) < 4.78 is 5.48. The summed E-state index contributed by atoms with van der Waals surface area (Å²) in [6, 6.07) is 18.5. The van der Waals surface area contributed by atoms with Gasteiger partial charge in [0.2, 0.25) is 0 Å². The molecule has 1 heterocycles. The molecule has 4 rings (SSSR count). The van der Waals surface area contributed by atoms with Crippen molar-refractivity contribution in [2.24, 2.45) is 0 Å². The van der Waals surface area contributed by atoms with Gasteiger partial charge < -0.3 is 14.9 Å².